The van der Waals surface area contributed by atoms with Gasteiger partial charge in [0.1, 0.15) is 0 Å². The van der Waals surface area contributed by atoms with Crippen molar-refractivity contribution in [3.05, 3.63) is 15.8 Å². The van der Waals surface area contributed by atoms with Crippen LogP contribution in [-0.2, 0) is 10.0 Å². The molecule has 1 aromatic rings. The minimum absolute atomic E-state index is 0.0591. The van der Waals surface area contributed by atoms with Crippen molar-refractivity contribution in [2.45, 2.75) is 56.9 Å². The summed E-state index contributed by atoms with van der Waals surface area (Å²) in [6.07, 6.45) is 5.24. The molecule has 2 rings (SSSR count). The Balaban J connectivity index is 2.27. The first kappa shape index (κ1) is 16.5. The Morgan fingerprint density at radius 3 is 2.76 bits per heavy atom. The molecule has 1 aliphatic heterocycles. The number of sulfonamides is 1. The molecule has 1 fully saturated rings. The lowest BCUT2D eigenvalue weighted by Crippen LogP contribution is -2.43. The fourth-order valence-corrected chi connectivity index (χ4v) is 5.00. The van der Waals surface area contributed by atoms with Crippen LogP contribution in [0.2, 0.25) is 0 Å². The summed E-state index contributed by atoms with van der Waals surface area (Å²) in [6, 6.07) is 1.70. The highest BCUT2D eigenvalue weighted by Crippen LogP contribution is 2.29. The molecule has 118 valence electrons. The smallest absolute Gasteiger partial charge is 0.264 e. The van der Waals surface area contributed by atoms with Crippen molar-refractivity contribution in [1.82, 2.24) is 4.90 Å². The van der Waals surface area contributed by atoms with E-state index in [1.54, 1.807) is 6.92 Å². The van der Waals surface area contributed by atoms with Gasteiger partial charge in [-0.1, -0.05) is 13.3 Å². The number of hydrogen-bond donors (Lipinski definition) is 1. The highest BCUT2D eigenvalue weighted by atomic mass is 32.2. The molecule has 0 spiro atoms. The SMILES string of the molecule is CCCC1CCCCN1C(=O)c1cc(S(N)(=O)=O)c(C)s1. The molecule has 0 saturated carbocycles. The third-order valence-corrected chi connectivity index (χ3v) is 6.10. The maximum Gasteiger partial charge on any atom is 0.264 e. The molecule has 2 heterocycles. The van der Waals surface area contributed by atoms with Crippen LogP contribution in [0.5, 0.6) is 0 Å². The number of nitrogens with zero attached hydrogens (tertiary/aromatic N) is 1. The van der Waals surface area contributed by atoms with Crippen LogP contribution in [0.25, 0.3) is 0 Å². The van der Waals surface area contributed by atoms with Gasteiger partial charge in [0, 0.05) is 17.5 Å². The summed E-state index contributed by atoms with van der Waals surface area (Å²) in [5.41, 5.74) is 0. The van der Waals surface area contributed by atoms with E-state index in [0.717, 1.165) is 38.6 Å². The number of nitrogens with two attached hydrogens (primary N) is 1. The molecule has 7 heteroatoms. The normalized spacial score (nSPS) is 19.8. The minimum atomic E-state index is -3.76. The Morgan fingerprint density at radius 1 is 1.48 bits per heavy atom. The molecule has 1 aliphatic rings. The zero-order chi connectivity index (χ0) is 15.6. The summed E-state index contributed by atoms with van der Waals surface area (Å²) in [5, 5.41) is 5.18. The number of thiophene rings is 1. The Morgan fingerprint density at radius 2 is 2.19 bits per heavy atom. The second-order valence-electron chi connectivity index (χ2n) is 5.51. The second kappa shape index (κ2) is 6.46. The molecule has 5 nitrogen and oxygen atoms in total. The van der Waals surface area contributed by atoms with Crippen LogP contribution in [-0.4, -0.2) is 31.8 Å². The lowest BCUT2D eigenvalue weighted by Gasteiger charge is -2.35. The summed E-state index contributed by atoms with van der Waals surface area (Å²) in [5.74, 6) is -0.0591. The summed E-state index contributed by atoms with van der Waals surface area (Å²) in [7, 11) is -3.76. The molecule has 0 aliphatic carbocycles. The van der Waals surface area contributed by atoms with Gasteiger partial charge in [0.2, 0.25) is 10.0 Å². The van der Waals surface area contributed by atoms with E-state index < -0.39 is 10.0 Å². The summed E-state index contributed by atoms with van der Waals surface area (Å²) < 4.78 is 23.0. The molecular formula is C14H22N2O3S2. The van der Waals surface area contributed by atoms with Gasteiger partial charge in [-0.05, 0) is 38.7 Å². The van der Waals surface area contributed by atoms with Crippen LogP contribution in [0.4, 0.5) is 0 Å². The molecule has 1 atom stereocenters. The van der Waals surface area contributed by atoms with E-state index in [1.807, 2.05) is 4.90 Å². The summed E-state index contributed by atoms with van der Waals surface area (Å²) in [6.45, 7) is 4.55. The number of rotatable bonds is 4. The maximum absolute atomic E-state index is 12.7. The summed E-state index contributed by atoms with van der Waals surface area (Å²) >= 11 is 1.21. The van der Waals surface area contributed by atoms with Gasteiger partial charge in [-0.3, -0.25) is 4.79 Å². The molecule has 0 aromatic carbocycles. The van der Waals surface area contributed by atoms with Gasteiger partial charge >= 0.3 is 0 Å². The third-order valence-electron chi connectivity index (χ3n) is 3.90. The van der Waals surface area contributed by atoms with Crippen LogP contribution in [0.3, 0.4) is 0 Å². The average molecular weight is 330 g/mol. The number of carbonyl (C=O) groups is 1. The van der Waals surface area contributed by atoms with E-state index in [4.69, 9.17) is 5.14 Å². The standard InChI is InChI=1S/C14H22N2O3S2/c1-3-6-11-7-4-5-8-16(11)14(17)12-9-13(10(2)20-12)21(15,18)19/h9,11H,3-8H2,1-2H3,(H2,15,18,19). The zero-order valence-electron chi connectivity index (χ0n) is 12.5. The number of primary sulfonamides is 1. The van der Waals surface area contributed by atoms with E-state index in [2.05, 4.69) is 6.92 Å². The van der Waals surface area contributed by atoms with Gasteiger partial charge < -0.3 is 4.90 Å². The molecule has 2 N–H and O–H groups in total. The van der Waals surface area contributed by atoms with Gasteiger partial charge in [0.15, 0.2) is 0 Å². The monoisotopic (exact) mass is 330 g/mol. The number of likely N-dealkylation sites (tertiary alicyclic amines) is 1. The van der Waals surface area contributed by atoms with E-state index in [1.165, 1.54) is 17.4 Å². The van der Waals surface area contributed by atoms with Crippen LogP contribution in [0.1, 0.15) is 53.6 Å². The second-order valence-corrected chi connectivity index (χ2v) is 8.30. The fraction of sp³-hybridized carbons (Fsp3) is 0.643. The molecule has 0 bridgehead atoms. The van der Waals surface area contributed by atoms with Crippen molar-refractivity contribution in [1.29, 1.82) is 0 Å². The van der Waals surface area contributed by atoms with Crippen LogP contribution in [0.15, 0.2) is 11.0 Å². The molecule has 21 heavy (non-hydrogen) atoms. The Bertz CT molecular complexity index is 620. The number of carbonyl (C=O) groups excluding carboxylic acids is 1. The molecular weight excluding hydrogens is 308 g/mol. The third kappa shape index (κ3) is 3.64. The lowest BCUT2D eigenvalue weighted by atomic mass is 9.98. The van der Waals surface area contributed by atoms with Gasteiger partial charge in [0.25, 0.3) is 5.91 Å². The van der Waals surface area contributed by atoms with Crippen LogP contribution in [0, 0.1) is 6.92 Å². The predicted molar refractivity (Wildman–Crippen MR) is 84.0 cm³/mol. The van der Waals surface area contributed by atoms with Crippen molar-refractivity contribution in [2.75, 3.05) is 6.54 Å². The predicted octanol–water partition coefficient (Wildman–Crippen LogP) is 2.50. The zero-order valence-corrected chi connectivity index (χ0v) is 14.1. The number of hydrogen-bond acceptors (Lipinski definition) is 4. The van der Waals surface area contributed by atoms with E-state index in [0.29, 0.717) is 9.75 Å². The van der Waals surface area contributed by atoms with Gasteiger partial charge in [-0.25, -0.2) is 13.6 Å². The van der Waals surface area contributed by atoms with Crippen molar-refractivity contribution >= 4 is 27.3 Å². The Kier molecular flexibility index (Phi) is 5.06. The maximum atomic E-state index is 12.7. The van der Waals surface area contributed by atoms with Gasteiger partial charge in [-0.15, -0.1) is 11.3 Å². The highest BCUT2D eigenvalue weighted by molar-refractivity contribution is 7.89. The minimum Gasteiger partial charge on any atom is -0.335 e. The van der Waals surface area contributed by atoms with Crippen molar-refractivity contribution in [3.8, 4) is 0 Å². The van der Waals surface area contributed by atoms with Crippen molar-refractivity contribution in [2.24, 2.45) is 5.14 Å². The van der Waals surface area contributed by atoms with Gasteiger partial charge in [0.05, 0.1) is 9.77 Å². The van der Waals surface area contributed by atoms with Gasteiger partial charge in [-0.2, -0.15) is 0 Å². The van der Waals surface area contributed by atoms with E-state index >= 15 is 0 Å². The number of piperidine rings is 1. The number of amides is 1. The Labute approximate surface area is 130 Å². The molecule has 1 saturated heterocycles. The van der Waals surface area contributed by atoms with E-state index in [9.17, 15) is 13.2 Å². The first-order chi connectivity index (χ1) is 9.84. The largest absolute Gasteiger partial charge is 0.335 e. The highest BCUT2D eigenvalue weighted by Gasteiger charge is 2.29. The topological polar surface area (TPSA) is 80.5 Å². The quantitative estimate of drug-likeness (QED) is 0.921. The molecule has 1 unspecified atom stereocenters. The fourth-order valence-electron chi connectivity index (χ4n) is 2.90. The first-order valence-corrected chi connectivity index (χ1v) is 9.65. The van der Waals surface area contributed by atoms with E-state index in [-0.39, 0.29) is 16.8 Å². The molecule has 0 radical (unpaired) electrons. The molecule has 1 amide bonds. The molecule has 1 aromatic heterocycles. The average Bonchev–Trinajstić information content (AvgIpc) is 2.81. The van der Waals surface area contributed by atoms with Crippen molar-refractivity contribution < 1.29 is 13.2 Å². The van der Waals surface area contributed by atoms with Crippen molar-refractivity contribution in [3.63, 3.8) is 0 Å². The number of aryl methyl sites for hydroxylation is 1. The summed E-state index contributed by atoms with van der Waals surface area (Å²) in [4.78, 5) is 15.7. The van der Waals surface area contributed by atoms with Crippen LogP contribution < -0.4 is 5.14 Å². The Hall–Kier alpha value is -0.920. The van der Waals surface area contributed by atoms with Crippen LogP contribution >= 0.6 is 11.3 Å². The first-order valence-electron chi connectivity index (χ1n) is 7.28. The lowest BCUT2D eigenvalue weighted by molar-refractivity contribution is 0.0605.